The molecule has 2 aliphatic heterocycles. The van der Waals surface area contributed by atoms with Crippen LogP contribution >= 0.6 is 0 Å². The van der Waals surface area contributed by atoms with Crippen LogP contribution in [0.15, 0.2) is 0 Å². The predicted octanol–water partition coefficient (Wildman–Crippen LogP) is -1.46. The molecule has 0 radical (unpaired) electrons. The fraction of sp³-hybridized carbons (Fsp3) is 0.778. The van der Waals surface area contributed by atoms with Gasteiger partial charge in [0, 0.05) is 31.6 Å². The maximum absolute atomic E-state index is 12.4. The first-order valence-corrected chi connectivity index (χ1v) is 9.47. The first-order chi connectivity index (χ1) is 12.8. The number of rotatable bonds is 9. The van der Waals surface area contributed by atoms with E-state index in [9.17, 15) is 19.2 Å². The molecule has 1 atom stereocenters. The highest BCUT2D eigenvalue weighted by Crippen LogP contribution is 2.38. The van der Waals surface area contributed by atoms with E-state index in [0.717, 1.165) is 19.4 Å². The molecule has 9 nitrogen and oxygen atoms in total. The van der Waals surface area contributed by atoms with E-state index in [1.54, 1.807) is 16.8 Å². The number of nitrogens with one attached hydrogen (secondary N) is 3. The topological polar surface area (TPSA) is 111 Å². The molecule has 9 heteroatoms. The number of nitrogens with zero attached hydrogens (tertiary/aromatic N) is 2. The van der Waals surface area contributed by atoms with Crippen molar-refractivity contribution in [2.24, 2.45) is 11.3 Å². The van der Waals surface area contributed by atoms with Crippen molar-refractivity contribution < 1.29 is 19.2 Å². The Kier molecular flexibility index (Phi) is 7.18. The van der Waals surface area contributed by atoms with Gasteiger partial charge in [-0.15, -0.1) is 0 Å². The Hall–Kier alpha value is -2.16. The average Bonchev–Trinajstić information content (AvgIpc) is 3.02. The van der Waals surface area contributed by atoms with Crippen LogP contribution in [0.3, 0.4) is 0 Å². The summed E-state index contributed by atoms with van der Waals surface area (Å²) < 4.78 is 0. The summed E-state index contributed by atoms with van der Waals surface area (Å²) in [6.45, 7) is 6.68. The lowest BCUT2D eigenvalue weighted by Gasteiger charge is -2.47. The van der Waals surface area contributed by atoms with Crippen molar-refractivity contribution >= 4 is 24.1 Å². The minimum absolute atomic E-state index is 0.0296. The molecule has 2 fully saturated rings. The van der Waals surface area contributed by atoms with E-state index in [1.807, 2.05) is 13.8 Å². The quantitative estimate of drug-likeness (QED) is 0.423. The molecule has 27 heavy (non-hydrogen) atoms. The van der Waals surface area contributed by atoms with Crippen molar-refractivity contribution in [2.75, 3.05) is 46.3 Å². The molecule has 2 rings (SSSR count). The highest BCUT2D eigenvalue weighted by molar-refractivity contribution is 5.91. The molecular formula is C18H31N5O4. The van der Waals surface area contributed by atoms with Crippen LogP contribution in [-0.2, 0) is 19.2 Å². The highest BCUT2D eigenvalue weighted by atomic mass is 16.2. The van der Waals surface area contributed by atoms with E-state index in [1.165, 1.54) is 0 Å². The molecule has 0 bridgehead atoms. The molecule has 2 saturated heterocycles. The Labute approximate surface area is 160 Å². The summed E-state index contributed by atoms with van der Waals surface area (Å²) in [6.07, 6.45) is 2.27. The minimum Gasteiger partial charge on any atom is -0.345 e. The number of hydrogen-bond donors (Lipinski definition) is 3. The third-order valence-corrected chi connectivity index (χ3v) is 5.13. The maximum Gasteiger partial charge on any atom is 0.243 e. The number of likely N-dealkylation sites (tertiary alicyclic amines) is 2. The number of likely N-dealkylation sites (N-methyl/N-ethyl adjacent to an activating group) is 1. The Morgan fingerprint density at radius 3 is 2.41 bits per heavy atom. The molecule has 0 aromatic carbocycles. The van der Waals surface area contributed by atoms with Gasteiger partial charge in [-0.05, 0) is 25.8 Å². The molecule has 1 spiro atoms. The monoisotopic (exact) mass is 381 g/mol. The summed E-state index contributed by atoms with van der Waals surface area (Å²) >= 11 is 0. The van der Waals surface area contributed by atoms with Gasteiger partial charge in [0.15, 0.2) is 0 Å². The van der Waals surface area contributed by atoms with Crippen molar-refractivity contribution in [3.8, 4) is 0 Å². The molecule has 1 unspecified atom stereocenters. The standard InChI is InChI=1S/C18H31N5O4/c1-13(2)6-14(21-15(25)7-19-3)17(27)20-8-16(26)23-10-18(11-23)4-5-22(9-18)12-24/h12-14,19H,4-11H2,1-3H3,(H,20,27)(H,21,25). The second kappa shape index (κ2) is 9.16. The van der Waals surface area contributed by atoms with Gasteiger partial charge in [-0.3, -0.25) is 19.2 Å². The van der Waals surface area contributed by atoms with Crippen molar-refractivity contribution in [1.29, 1.82) is 0 Å². The first-order valence-electron chi connectivity index (χ1n) is 9.47. The van der Waals surface area contributed by atoms with Crippen molar-refractivity contribution in [1.82, 2.24) is 25.8 Å². The lowest BCUT2D eigenvalue weighted by molar-refractivity contribution is -0.143. The van der Waals surface area contributed by atoms with Crippen LogP contribution in [0.1, 0.15) is 26.7 Å². The molecule has 0 aromatic rings. The predicted molar refractivity (Wildman–Crippen MR) is 99.6 cm³/mol. The lowest BCUT2D eigenvalue weighted by atomic mass is 9.79. The van der Waals surface area contributed by atoms with E-state index >= 15 is 0 Å². The highest BCUT2D eigenvalue weighted by Gasteiger charge is 2.48. The number of hydrogen-bond acceptors (Lipinski definition) is 5. The van der Waals surface area contributed by atoms with Gasteiger partial charge in [0.05, 0.1) is 13.1 Å². The number of amides is 4. The zero-order valence-electron chi connectivity index (χ0n) is 16.4. The molecule has 0 saturated carbocycles. The summed E-state index contributed by atoms with van der Waals surface area (Å²) in [5, 5.41) is 8.10. The van der Waals surface area contributed by atoms with Gasteiger partial charge in [0.1, 0.15) is 6.04 Å². The van der Waals surface area contributed by atoms with Crippen molar-refractivity contribution in [2.45, 2.75) is 32.7 Å². The third kappa shape index (κ3) is 5.66. The summed E-state index contributed by atoms with van der Waals surface area (Å²) in [7, 11) is 1.66. The molecule has 3 N–H and O–H groups in total. The van der Waals surface area contributed by atoms with Crippen LogP contribution in [0.5, 0.6) is 0 Å². The molecule has 0 aliphatic carbocycles. The molecule has 152 valence electrons. The summed E-state index contributed by atoms with van der Waals surface area (Å²) in [4.78, 5) is 50.8. The van der Waals surface area contributed by atoms with Gasteiger partial charge in [-0.1, -0.05) is 13.8 Å². The van der Waals surface area contributed by atoms with E-state index in [-0.39, 0.29) is 42.1 Å². The average molecular weight is 381 g/mol. The normalized spacial score (nSPS) is 19.0. The van der Waals surface area contributed by atoms with Crippen LogP contribution in [-0.4, -0.2) is 86.3 Å². The summed E-state index contributed by atoms with van der Waals surface area (Å²) in [5.74, 6) is -0.506. The van der Waals surface area contributed by atoms with Gasteiger partial charge < -0.3 is 25.8 Å². The van der Waals surface area contributed by atoms with Gasteiger partial charge in [0.2, 0.25) is 24.1 Å². The molecule has 2 aliphatic rings. The molecule has 0 aromatic heterocycles. The second-order valence-corrected chi connectivity index (χ2v) is 8.07. The molecule has 4 amide bonds. The lowest BCUT2D eigenvalue weighted by Crippen LogP contribution is -2.61. The maximum atomic E-state index is 12.4. The van der Waals surface area contributed by atoms with E-state index in [2.05, 4.69) is 16.0 Å². The SMILES string of the molecule is CNCC(=O)NC(CC(C)C)C(=O)NCC(=O)N1CC2(CCN(C=O)C2)C1. The van der Waals surface area contributed by atoms with E-state index in [4.69, 9.17) is 0 Å². The van der Waals surface area contributed by atoms with Crippen LogP contribution in [0, 0.1) is 11.3 Å². The van der Waals surface area contributed by atoms with Crippen LogP contribution in [0.2, 0.25) is 0 Å². The number of carbonyl (C=O) groups is 4. The van der Waals surface area contributed by atoms with E-state index < -0.39 is 6.04 Å². The second-order valence-electron chi connectivity index (χ2n) is 8.07. The Morgan fingerprint density at radius 2 is 1.85 bits per heavy atom. The van der Waals surface area contributed by atoms with Crippen LogP contribution in [0.4, 0.5) is 0 Å². The Morgan fingerprint density at radius 1 is 1.15 bits per heavy atom. The minimum atomic E-state index is -0.655. The zero-order valence-corrected chi connectivity index (χ0v) is 16.4. The number of carbonyl (C=O) groups excluding carboxylic acids is 4. The first kappa shape index (κ1) is 21.1. The van der Waals surface area contributed by atoms with Crippen LogP contribution < -0.4 is 16.0 Å². The Bertz CT molecular complexity index is 574. The van der Waals surface area contributed by atoms with Crippen molar-refractivity contribution in [3.05, 3.63) is 0 Å². The van der Waals surface area contributed by atoms with Crippen molar-refractivity contribution in [3.63, 3.8) is 0 Å². The largest absolute Gasteiger partial charge is 0.345 e. The fourth-order valence-corrected chi connectivity index (χ4v) is 3.76. The molecular weight excluding hydrogens is 350 g/mol. The van der Waals surface area contributed by atoms with Gasteiger partial charge in [0.25, 0.3) is 0 Å². The van der Waals surface area contributed by atoms with Gasteiger partial charge in [-0.25, -0.2) is 0 Å². The van der Waals surface area contributed by atoms with E-state index in [0.29, 0.717) is 26.1 Å². The zero-order chi connectivity index (χ0) is 20.0. The fourth-order valence-electron chi connectivity index (χ4n) is 3.76. The van der Waals surface area contributed by atoms with Gasteiger partial charge >= 0.3 is 0 Å². The Balaban J connectivity index is 1.78. The summed E-state index contributed by atoms with van der Waals surface area (Å²) in [5.41, 5.74) is 0.0296. The molecule has 2 heterocycles. The smallest absolute Gasteiger partial charge is 0.243 e. The van der Waals surface area contributed by atoms with Crippen LogP contribution in [0.25, 0.3) is 0 Å². The third-order valence-electron chi connectivity index (χ3n) is 5.13. The van der Waals surface area contributed by atoms with Gasteiger partial charge in [-0.2, -0.15) is 0 Å². The summed E-state index contributed by atoms with van der Waals surface area (Å²) in [6, 6.07) is -0.655.